The minimum Gasteiger partial charge on any atom is -0.331 e. The monoisotopic (exact) mass is 419 g/mol. The van der Waals surface area contributed by atoms with Crippen LogP contribution in [0.5, 0.6) is 0 Å². The molecular formula is C24H25N3O2S. The fourth-order valence-electron chi connectivity index (χ4n) is 3.73. The maximum Gasteiger partial charge on any atom is 0.262 e. The molecule has 154 valence electrons. The lowest BCUT2D eigenvalue weighted by atomic mass is 10.1. The van der Waals surface area contributed by atoms with Crippen LogP contribution in [0.3, 0.4) is 0 Å². The van der Waals surface area contributed by atoms with Gasteiger partial charge in [-0.25, -0.2) is 13.4 Å². The Morgan fingerprint density at radius 3 is 2.37 bits per heavy atom. The third-order valence-corrected chi connectivity index (χ3v) is 6.88. The van der Waals surface area contributed by atoms with Gasteiger partial charge >= 0.3 is 0 Å². The Balaban J connectivity index is 1.45. The maximum absolute atomic E-state index is 12.7. The molecule has 6 heteroatoms. The van der Waals surface area contributed by atoms with E-state index in [0.29, 0.717) is 10.6 Å². The molecule has 1 N–H and O–H groups in total. The van der Waals surface area contributed by atoms with Gasteiger partial charge in [0, 0.05) is 19.2 Å². The molecule has 0 aliphatic carbocycles. The zero-order valence-corrected chi connectivity index (χ0v) is 18.2. The molecule has 5 nitrogen and oxygen atoms in total. The number of hydrogen-bond donors (Lipinski definition) is 1. The molecule has 0 unspecified atom stereocenters. The van der Waals surface area contributed by atoms with Crippen LogP contribution in [0.15, 0.2) is 71.6 Å². The van der Waals surface area contributed by atoms with E-state index in [1.165, 1.54) is 0 Å². The van der Waals surface area contributed by atoms with Crippen molar-refractivity contribution in [2.75, 3.05) is 4.72 Å². The van der Waals surface area contributed by atoms with Gasteiger partial charge < -0.3 is 4.57 Å². The summed E-state index contributed by atoms with van der Waals surface area (Å²) in [6.45, 7) is 3.76. The van der Waals surface area contributed by atoms with Gasteiger partial charge in [-0.2, -0.15) is 0 Å². The molecule has 4 rings (SSSR count). The van der Waals surface area contributed by atoms with Gasteiger partial charge in [-0.15, -0.1) is 0 Å². The highest BCUT2D eigenvalue weighted by molar-refractivity contribution is 7.92. The number of anilines is 1. The summed E-state index contributed by atoms with van der Waals surface area (Å²) in [5, 5.41) is 0. The van der Waals surface area contributed by atoms with Crippen LogP contribution in [0.4, 0.5) is 5.69 Å². The molecule has 0 atom stereocenters. The normalized spacial score (nSPS) is 11.7. The number of rotatable bonds is 6. The van der Waals surface area contributed by atoms with Gasteiger partial charge in [0.05, 0.1) is 15.9 Å². The van der Waals surface area contributed by atoms with Crippen LogP contribution < -0.4 is 4.72 Å². The van der Waals surface area contributed by atoms with E-state index in [1.54, 1.807) is 6.07 Å². The van der Waals surface area contributed by atoms with E-state index >= 15 is 0 Å². The fourth-order valence-corrected chi connectivity index (χ4v) is 5.01. The summed E-state index contributed by atoms with van der Waals surface area (Å²) in [6, 6.07) is 21.0. The van der Waals surface area contributed by atoms with Crippen molar-refractivity contribution in [2.24, 2.45) is 7.05 Å². The molecule has 0 spiro atoms. The van der Waals surface area contributed by atoms with Gasteiger partial charge in [0.2, 0.25) is 0 Å². The fraction of sp³-hybridized carbons (Fsp3) is 0.208. The largest absolute Gasteiger partial charge is 0.331 e. The van der Waals surface area contributed by atoms with Crippen molar-refractivity contribution in [3.8, 4) is 0 Å². The van der Waals surface area contributed by atoms with E-state index in [2.05, 4.69) is 15.4 Å². The first kappa shape index (κ1) is 20.2. The van der Waals surface area contributed by atoms with Crippen molar-refractivity contribution in [3.63, 3.8) is 0 Å². The van der Waals surface area contributed by atoms with E-state index in [9.17, 15) is 8.42 Å². The SMILES string of the molecule is Cc1ccc(S(=O)(=O)Nc2ccc(CCc3nc4ccccc4n3C)cc2)c(C)c1. The van der Waals surface area contributed by atoms with Crippen molar-refractivity contribution in [3.05, 3.63) is 89.2 Å². The molecule has 1 aromatic heterocycles. The molecule has 0 amide bonds. The van der Waals surface area contributed by atoms with Crippen molar-refractivity contribution >= 4 is 26.7 Å². The average molecular weight is 420 g/mol. The van der Waals surface area contributed by atoms with E-state index in [-0.39, 0.29) is 0 Å². The molecule has 0 aliphatic heterocycles. The van der Waals surface area contributed by atoms with Gasteiger partial charge in [0.15, 0.2) is 0 Å². The summed E-state index contributed by atoms with van der Waals surface area (Å²) in [7, 11) is -1.58. The van der Waals surface area contributed by atoms with Gasteiger partial charge in [-0.05, 0) is 61.7 Å². The Bertz CT molecular complexity index is 1310. The van der Waals surface area contributed by atoms with Crippen molar-refractivity contribution in [1.82, 2.24) is 9.55 Å². The van der Waals surface area contributed by atoms with Crippen LogP contribution in [-0.4, -0.2) is 18.0 Å². The lowest BCUT2D eigenvalue weighted by Gasteiger charge is -2.11. The molecule has 30 heavy (non-hydrogen) atoms. The molecule has 0 aliphatic rings. The quantitative estimate of drug-likeness (QED) is 0.489. The van der Waals surface area contributed by atoms with Gasteiger partial charge in [-0.3, -0.25) is 4.72 Å². The molecule has 0 radical (unpaired) electrons. The lowest BCUT2D eigenvalue weighted by Crippen LogP contribution is -2.14. The number of benzene rings is 3. The molecule has 0 saturated heterocycles. The first-order valence-corrected chi connectivity index (χ1v) is 11.4. The molecule has 0 fully saturated rings. The Morgan fingerprint density at radius 1 is 0.933 bits per heavy atom. The Kier molecular flexibility index (Phi) is 5.35. The zero-order valence-electron chi connectivity index (χ0n) is 17.4. The average Bonchev–Trinajstić information content (AvgIpc) is 3.03. The number of aryl methyl sites for hydroxylation is 5. The number of aromatic nitrogens is 2. The van der Waals surface area contributed by atoms with E-state index < -0.39 is 10.0 Å². The van der Waals surface area contributed by atoms with Crippen LogP contribution >= 0.6 is 0 Å². The predicted octanol–water partition coefficient (Wildman–Crippen LogP) is 4.78. The Morgan fingerprint density at radius 2 is 1.67 bits per heavy atom. The van der Waals surface area contributed by atoms with Crippen molar-refractivity contribution in [1.29, 1.82) is 0 Å². The van der Waals surface area contributed by atoms with Crippen molar-refractivity contribution in [2.45, 2.75) is 31.6 Å². The third kappa shape index (κ3) is 4.09. The predicted molar refractivity (Wildman–Crippen MR) is 121 cm³/mol. The van der Waals surface area contributed by atoms with Crippen LogP contribution in [0.2, 0.25) is 0 Å². The highest BCUT2D eigenvalue weighted by Crippen LogP contribution is 2.21. The summed E-state index contributed by atoms with van der Waals surface area (Å²) in [6.07, 6.45) is 1.65. The smallest absolute Gasteiger partial charge is 0.262 e. The number of nitrogens with one attached hydrogen (secondary N) is 1. The first-order valence-electron chi connectivity index (χ1n) is 9.93. The van der Waals surface area contributed by atoms with Gasteiger partial charge in [-0.1, -0.05) is 42.0 Å². The van der Waals surface area contributed by atoms with Crippen LogP contribution in [0.25, 0.3) is 11.0 Å². The molecular weight excluding hydrogens is 394 g/mol. The maximum atomic E-state index is 12.7. The highest BCUT2D eigenvalue weighted by Gasteiger charge is 2.17. The number of para-hydroxylation sites is 2. The molecule has 1 heterocycles. The standard InChI is InChI=1S/C24H25N3O2S/c1-17-8-14-23(18(2)16-17)30(28,29)26-20-12-9-19(10-13-20)11-15-24-25-21-6-4-5-7-22(21)27(24)3/h4-10,12-14,16,26H,11,15H2,1-3H3. The minimum absolute atomic E-state index is 0.305. The second-order valence-electron chi connectivity index (χ2n) is 7.65. The number of fused-ring (bicyclic) bond motifs is 1. The number of sulfonamides is 1. The minimum atomic E-state index is -3.61. The number of hydrogen-bond acceptors (Lipinski definition) is 3. The molecule has 4 aromatic rings. The second-order valence-corrected chi connectivity index (χ2v) is 9.30. The second kappa shape index (κ2) is 7.95. The van der Waals surface area contributed by atoms with E-state index in [0.717, 1.165) is 46.4 Å². The van der Waals surface area contributed by atoms with E-state index in [1.807, 2.05) is 75.5 Å². The summed E-state index contributed by atoms with van der Waals surface area (Å²) < 4.78 is 30.3. The van der Waals surface area contributed by atoms with Crippen LogP contribution in [0, 0.1) is 13.8 Å². The third-order valence-electron chi connectivity index (χ3n) is 5.34. The Labute approximate surface area is 177 Å². The molecule has 3 aromatic carbocycles. The topological polar surface area (TPSA) is 64.0 Å². The van der Waals surface area contributed by atoms with Crippen LogP contribution in [0.1, 0.15) is 22.5 Å². The van der Waals surface area contributed by atoms with Crippen molar-refractivity contribution < 1.29 is 8.42 Å². The summed E-state index contributed by atoms with van der Waals surface area (Å²) >= 11 is 0. The molecule has 0 bridgehead atoms. The molecule has 0 saturated carbocycles. The first-order chi connectivity index (χ1) is 14.3. The van der Waals surface area contributed by atoms with E-state index in [4.69, 9.17) is 4.98 Å². The summed E-state index contributed by atoms with van der Waals surface area (Å²) in [5.74, 6) is 1.04. The highest BCUT2D eigenvalue weighted by atomic mass is 32.2. The number of imidazole rings is 1. The Hall–Kier alpha value is -3.12. The summed E-state index contributed by atoms with van der Waals surface area (Å²) in [5.41, 5.74) is 5.60. The van der Waals surface area contributed by atoms with Crippen LogP contribution in [-0.2, 0) is 29.9 Å². The zero-order chi connectivity index (χ0) is 21.3. The number of nitrogens with zero attached hydrogens (tertiary/aromatic N) is 2. The lowest BCUT2D eigenvalue weighted by molar-refractivity contribution is 0.600. The van der Waals surface area contributed by atoms with Gasteiger partial charge in [0.1, 0.15) is 5.82 Å². The van der Waals surface area contributed by atoms with Gasteiger partial charge in [0.25, 0.3) is 10.0 Å². The summed E-state index contributed by atoms with van der Waals surface area (Å²) in [4.78, 5) is 5.02.